The first-order valence-corrected chi connectivity index (χ1v) is 46.0. The third-order valence-corrected chi connectivity index (χ3v) is 20.6. The van der Waals surface area contributed by atoms with Gasteiger partial charge >= 0.3 is 0 Å². The van der Waals surface area contributed by atoms with Crippen molar-refractivity contribution in [2.75, 3.05) is 40.1 Å². The highest BCUT2D eigenvalue weighted by atomic mass is 16.5. The van der Waals surface area contributed by atoms with Crippen LogP contribution in [0.1, 0.15) is 171 Å². The Hall–Kier alpha value is -12.7. The topological polar surface area (TPSA) is 204 Å². The average molecular weight is 1750 g/mol. The van der Waals surface area contributed by atoms with Crippen molar-refractivity contribution < 1.29 is 52.1 Å². The monoisotopic (exact) mass is 1750 g/mol. The van der Waals surface area contributed by atoms with E-state index in [0.29, 0.717) is 95.0 Å². The Morgan fingerprint density at radius 2 is 0.620 bits per heavy atom. The summed E-state index contributed by atoms with van der Waals surface area (Å²) in [6.07, 6.45) is 6.75. The van der Waals surface area contributed by atoms with Crippen LogP contribution in [0, 0.1) is 42.4 Å². The number of aryl methyl sites for hydroxylation is 2. The van der Waals surface area contributed by atoms with E-state index in [4.69, 9.17) is 77.0 Å². The summed E-state index contributed by atoms with van der Waals surface area (Å²) in [7, 11) is 1.65. The van der Waals surface area contributed by atoms with Crippen molar-refractivity contribution in [2.24, 2.45) is 35.5 Å². The van der Waals surface area contributed by atoms with Crippen LogP contribution >= 0.6 is 0 Å². The third-order valence-electron chi connectivity index (χ3n) is 20.6. The highest BCUT2D eigenvalue weighted by Crippen LogP contribution is 2.32. The Morgan fingerprint density at radius 1 is 0.279 bits per heavy atom. The molecular formula is C107H135N11O11. The number of nitrogens with zero attached hydrogens (tertiary/aromatic N) is 11. The zero-order valence-corrected chi connectivity index (χ0v) is 79.4. The SMILES string of the molecule is CC(C)Cn1c(COc2cccnc2)nc2ccccc21.CCCc1ccc2nc(COc3cccc(OCC)c3)n(CC(C)C)c2c1.CCOc1ccc2c(c1)nc(COc1cccc(OC)c1)n2CC(C)C.CCOc1cccc(OCc2nc3ccc(OCC)cc3n2CC(C)C)c1.Cc1cccc(OCc2nc3ccc(OCCC(C)C)cc3n2CC(C)C)c1. The van der Waals surface area contributed by atoms with Crippen LogP contribution in [-0.2, 0) is 72.2 Å². The number of hydrogen-bond acceptors (Lipinski definition) is 17. The van der Waals surface area contributed by atoms with Crippen LogP contribution in [0.3, 0.4) is 0 Å². The summed E-state index contributed by atoms with van der Waals surface area (Å²) in [5, 5.41) is 0. The molecule has 129 heavy (non-hydrogen) atoms. The van der Waals surface area contributed by atoms with Crippen molar-refractivity contribution in [3.8, 4) is 63.2 Å². The second-order valence-electron chi connectivity index (χ2n) is 34.5. The van der Waals surface area contributed by atoms with Gasteiger partial charge in [0.05, 0.1) is 102 Å². The van der Waals surface area contributed by atoms with Gasteiger partial charge in [-0.1, -0.05) is 145 Å². The van der Waals surface area contributed by atoms with Gasteiger partial charge in [0, 0.05) is 75.3 Å². The normalized spacial score (nSPS) is 11.3. The lowest BCUT2D eigenvalue weighted by molar-refractivity contribution is 0.283. The molecule has 0 radical (unpaired) electrons. The Kier molecular flexibility index (Phi) is 36.8. The Morgan fingerprint density at radius 3 is 1.04 bits per heavy atom. The summed E-state index contributed by atoms with van der Waals surface area (Å²) in [6.45, 7) is 48.8. The molecule has 0 saturated carbocycles. The zero-order chi connectivity index (χ0) is 91.7. The maximum Gasteiger partial charge on any atom is 0.148 e. The molecule has 684 valence electrons. The van der Waals surface area contributed by atoms with Gasteiger partial charge in [0.25, 0.3) is 0 Å². The highest BCUT2D eigenvalue weighted by Gasteiger charge is 2.21. The molecule has 0 atom stereocenters. The molecule has 0 amide bonds. The van der Waals surface area contributed by atoms with Crippen molar-refractivity contribution >= 4 is 55.2 Å². The van der Waals surface area contributed by atoms with E-state index in [9.17, 15) is 0 Å². The standard InChI is InChI=1S/C24H32N2O2.C23H30N2O2.C22H28N2O3.C21H26N2O3.C17H19N3O/c1-17(2)11-12-27-21-9-10-22-23(14-21)26(15-18(3)4)24(25-22)16-28-20-8-6-7-19(5)13-20;1-5-8-18-11-12-21-22(13-18)25(15-17(3)4)23(24-21)16-27-20-10-7-9-19(14-20)26-6-2;1-5-25-17-8-7-9-18(12-17)27-15-22-23-20-11-10-19(26-6-2)13-21(20)24(22)14-16(3)4;1-5-25-18-9-10-20-19(12-18)22-21(23(20)13-15(2)3)14-26-17-8-6-7-16(11-17)24-4;1-13(2)11-20-16-8-4-3-7-15(16)19-17(20)12-21-14-6-5-9-18-10-14/h6-10,13-14,17-18H,11-12,15-16H2,1-5H3;7,9-14,17H,5-6,8,15-16H2,1-4H3;7-13,16H,5-6,14-15H2,1-4H3;6-12,15H,5,13-14H2,1-4H3;3-10,13H,11-12H2,1-2H3. The molecule has 0 aliphatic heterocycles. The molecule has 9 aromatic carbocycles. The van der Waals surface area contributed by atoms with Gasteiger partial charge in [-0.05, 0) is 215 Å². The third kappa shape index (κ3) is 28.9. The maximum atomic E-state index is 6.05. The number of ether oxygens (including phenoxy) is 11. The molecule has 22 heteroatoms. The minimum absolute atomic E-state index is 0.401. The van der Waals surface area contributed by atoms with Crippen molar-refractivity contribution in [3.05, 3.63) is 259 Å². The number of rotatable bonds is 40. The number of aromatic nitrogens is 11. The van der Waals surface area contributed by atoms with Crippen LogP contribution in [0.15, 0.2) is 219 Å². The van der Waals surface area contributed by atoms with Crippen LogP contribution < -0.4 is 52.1 Å². The number of para-hydroxylation sites is 2. The van der Waals surface area contributed by atoms with E-state index < -0.39 is 0 Å². The molecular weight excluding hydrogens is 1620 g/mol. The van der Waals surface area contributed by atoms with E-state index in [2.05, 4.69) is 179 Å². The molecule has 0 spiro atoms. The fourth-order valence-electron chi connectivity index (χ4n) is 14.9. The highest BCUT2D eigenvalue weighted by molar-refractivity contribution is 5.81. The summed E-state index contributed by atoms with van der Waals surface area (Å²) in [6, 6.07) is 68.1. The van der Waals surface area contributed by atoms with Gasteiger partial charge in [-0.15, -0.1) is 0 Å². The summed E-state index contributed by atoms with van der Waals surface area (Å²) in [4.78, 5) is 28.0. The van der Waals surface area contributed by atoms with Gasteiger partial charge in [0.2, 0.25) is 0 Å². The lowest BCUT2D eigenvalue weighted by atomic mass is 10.1. The molecule has 15 aromatic rings. The molecule has 0 aliphatic carbocycles. The minimum atomic E-state index is 0.401. The number of pyridine rings is 1. The number of benzene rings is 9. The Labute approximate surface area is 763 Å². The smallest absolute Gasteiger partial charge is 0.148 e. The van der Waals surface area contributed by atoms with Crippen molar-refractivity contribution in [2.45, 2.75) is 210 Å². The summed E-state index contributed by atoms with van der Waals surface area (Å²) >= 11 is 0. The minimum Gasteiger partial charge on any atom is -0.497 e. The maximum absolute atomic E-state index is 6.05. The number of hydrogen-bond donors (Lipinski definition) is 0. The van der Waals surface area contributed by atoms with Crippen molar-refractivity contribution in [1.29, 1.82) is 0 Å². The first-order valence-electron chi connectivity index (χ1n) is 46.0. The quantitative estimate of drug-likeness (QED) is 0.0350. The largest absolute Gasteiger partial charge is 0.497 e. The summed E-state index contributed by atoms with van der Waals surface area (Å²) in [5.74, 6) is 17.0. The predicted octanol–water partition coefficient (Wildman–Crippen LogP) is 25.0. The first-order chi connectivity index (χ1) is 62.5. The van der Waals surface area contributed by atoms with E-state index >= 15 is 0 Å². The van der Waals surface area contributed by atoms with Gasteiger partial charge in [-0.25, -0.2) is 24.9 Å². The molecule has 0 unspecified atom stereocenters. The molecule has 15 rings (SSSR count). The molecule has 6 heterocycles. The van der Waals surface area contributed by atoms with Crippen LogP contribution in [0.25, 0.3) is 55.2 Å². The van der Waals surface area contributed by atoms with Gasteiger partial charge < -0.3 is 74.9 Å². The molecule has 22 nitrogen and oxygen atoms in total. The van der Waals surface area contributed by atoms with Crippen molar-refractivity contribution in [3.63, 3.8) is 0 Å². The second kappa shape index (κ2) is 49.0. The lowest BCUT2D eigenvalue weighted by Gasteiger charge is -2.13. The van der Waals surface area contributed by atoms with E-state index in [1.165, 1.54) is 16.6 Å². The van der Waals surface area contributed by atoms with E-state index in [1.54, 1.807) is 19.5 Å². The molecule has 0 saturated heterocycles. The summed E-state index contributed by atoms with van der Waals surface area (Å²) in [5.41, 5.74) is 13.2. The Bertz CT molecular complexity index is 5790. The molecule has 6 aromatic heterocycles. The van der Waals surface area contributed by atoms with E-state index in [-0.39, 0.29) is 0 Å². The van der Waals surface area contributed by atoms with Gasteiger partial charge in [0.15, 0.2) is 0 Å². The van der Waals surface area contributed by atoms with E-state index in [1.807, 2.05) is 179 Å². The van der Waals surface area contributed by atoms with Crippen molar-refractivity contribution in [1.82, 2.24) is 52.7 Å². The van der Waals surface area contributed by atoms with Gasteiger partial charge in [-0.2, -0.15) is 0 Å². The van der Waals surface area contributed by atoms with E-state index in [0.717, 1.165) is 201 Å². The van der Waals surface area contributed by atoms with Crippen LogP contribution in [0.2, 0.25) is 0 Å². The summed E-state index contributed by atoms with van der Waals surface area (Å²) < 4.78 is 74.7. The fraction of sp³-hybridized carbons (Fsp3) is 0.402. The van der Waals surface area contributed by atoms with Crippen LogP contribution in [-0.4, -0.2) is 92.9 Å². The van der Waals surface area contributed by atoms with Crippen LogP contribution in [0.4, 0.5) is 0 Å². The second-order valence-corrected chi connectivity index (χ2v) is 34.5. The predicted molar refractivity (Wildman–Crippen MR) is 519 cm³/mol. The molecule has 0 aliphatic rings. The van der Waals surface area contributed by atoms with Crippen LogP contribution in [0.5, 0.6) is 63.2 Å². The molecule has 0 N–H and O–H groups in total. The number of fused-ring (bicyclic) bond motifs is 5. The molecule has 0 bridgehead atoms. The lowest BCUT2D eigenvalue weighted by Crippen LogP contribution is -2.11. The number of imidazole rings is 5. The Balaban J connectivity index is 0.000000156. The van der Waals surface area contributed by atoms with Gasteiger partial charge in [-0.3, -0.25) is 4.98 Å². The van der Waals surface area contributed by atoms with Gasteiger partial charge in [0.1, 0.15) is 125 Å². The zero-order valence-electron chi connectivity index (χ0n) is 79.4. The average Bonchev–Trinajstić information content (AvgIpc) is 1.69. The molecule has 0 fully saturated rings. The number of methoxy groups -OCH3 is 1. The fourth-order valence-corrected chi connectivity index (χ4v) is 14.9. The first kappa shape index (κ1) is 96.9.